The molecule has 0 aromatic heterocycles. The first-order valence-electron chi connectivity index (χ1n) is 8.43. The standard InChI is InChI=1S/C18H29N3O3/c1-6-21(11-17(22)19-14(4)13(2)3)12-18(23)20-15-9-7-8-10-16(15)24-5/h7-10,13-14H,6,11-12H2,1-5H3,(H,19,22)(H,20,23)/p+1/t14-/m1/s1. The molecule has 0 aliphatic heterocycles. The van der Waals surface area contributed by atoms with Crippen molar-refractivity contribution < 1.29 is 19.2 Å². The van der Waals surface area contributed by atoms with Crippen LogP contribution in [0.5, 0.6) is 5.75 Å². The van der Waals surface area contributed by atoms with Gasteiger partial charge in [-0.1, -0.05) is 26.0 Å². The van der Waals surface area contributed by atoms with Gasteiger partial charge in [0.15, 0.2) is 13.1 Å². The fourth-order valence-electron chi connectivity index (χ4n) is 2.18. The van der Waals surface area contributed by atoms with Gasteiger partial charge in [0.25, 0.3) is 11.8 Å². The number of anilines is 1. The van der Waals surface area contributed by atoms with E-state index in [9.17, 15) is 9.59 Å². The third-order valence-electron chi connectivity index (χ3n) is 4.09. The molecule has 3 N–H and O–H groups in total. The van der Waals surface area contributed by atoms with Crippen molar-refractivity contribution in [1.29, 1.82) is 0 Å². The van der Waals surface area contributed by atoms with Crippen molar-refractivity contribution in [2.45, 2.75) is 33.7 Å². The summed E-state index contributed by atoms with van der Waals surface area (Å²) >= 11 is 0. The summed E-state index contributed by atoms with van der Waals surface area (Å²) in [6.07, 6.45) is 0. The van der Waals surface area contributed by atoms with Crippen molar-refractivity contribution in [2.24, 2.45) is 5.92 Å². The fraction of sp³-hybridized carbons (Fsp3) is 0.556. The molecule has 1 rings (SSSR count). The van der Waals surface area contributed by atoms with Crippen LogP contribution in [-0.4, -0.2) is 44.6 Å². The van der Waals surface area contributed by atoms with Crippen LogP contribution in [0.2, 0.25) is 0 Å². The molecule has 6 heteroatoms. The Morgan fingerprint density at radius 3 is 2.33 bits per heavy atom. The van der Waals surface area contributed by atoms with Crippen LogP contribution in [-0.2, 0) is 9.59 Å². The van der Waals surface area contributed by atoms with Crippen molar-refractivity contribution in [3.05, 3.63) is 24.3 Å². The first-order valence-corrected chi connectivity index (χ1v) is 8.43. The lowest BCUT2D eigenvalue weighted by Gasteiger charge is -2.21. The van der Waals surface area contributed by atoms with Crippen LogP contribution in [0.15, 0.2) is 24.3 Å². The number of hydrogen-bond acceptors (Lipinski definition) is 3. The summed E-state index contributed by atoms with van der Waals surface area (Å²) in [5, 5.41) is 5.82. The minimum absolute atomic E-state index is 0.0295. The van der Waals surface area contributed by atoms with E-state index < -0.39 is 0 Å². The van der Waals surface area contributed by atoms with Gasteiger partial charge in [0, 0.05) is 6.04 Å². The highest BCUT2D eigenvalue weighted by atomic mass is 16.5. The van der Waals surface area contributed by atoms with E-state index in [1.54, 1.807) is 19.2 Å². The normalized spacial score (nSPS) is 13.2. The molecule has 0 fully saturated rings. The van der Waals surface area contributed by atoms with E-state index in [1.165, 1.54) is 0 Å². The summed E-state index contributed by atoms with van der Waals surface area (Å²) in [5.41, 5.74) is 0.637. The van der Waals surface area contributed by atoms with E-state index in [1.807, 2.05) is 26.0 Å². The van der Waals surface area contributed by atoms with Gasteiger partial charge in [0.1, 0.15) is 5.75 Å². The molecule has 0 saturated heterocycles. The molecule has 0 aliphatic rings. The summed E-state index contributed by atoms with van der Waals surface area (Å²) in [6, 6.07) is 7.39. The zero-order valence-electron chi connectivity index (χ0n) is 15.3. The second-order valence-corrected chi connectivity index (χ2v) is 6.31. The highest BCUT2D eigenvalue weighted by molar-refractivity contribution is 5.93. The van der Waals surface area contributed by atoms with E-state index in [4.69, 9.17) is 4.74 Å². The van der Waals surface area contributed by atoms with Crippen molar-refractivity contribution in [1.82, 2.24) is 5.32 Å². The molecule has 0 radical (unpaired) electrons. The monoisotopic (exact) mass is 336 g/mol. The molecule has 2 amide bonds. The first-order chi connectivity index (χ1) is 11.4. The van der Waals surface area contributed by atoms with Crippen LogP contribution in [0.25, 0.3) is 0 Å². The number of amides is 2. The molecule has 24 heavy (non-hydrogen) atoms. The number of carbonyl (C=O) groups is 2. The molecular weight excluding hydrogens is 306 g/mol. The average Bonchev–Trinajstić information content (AvgIpc) is 2.54. The number of ether oxygens (including phenoxy) is 1. The molecule has 6 nitrogen and oxygen atoms in total. The molecule has 1 aromatic carbocycles. The second kappa shape index (κ2) is 9.93. The molecule has 0 heterocycles. The lowest BCUT2D eigenvalue weighted by molar-refractivity contribution is -0.881. The number of carbonyl (C=O) groups excluding carboxylic acids is 2. The van der Waals surface area contributed by atoms with Crippen LogP contribution in [0.3, 0.4) is 0 Å². The van der Waals surface area contributed by atoms with Crippen LogP contribution >= 0.6 is 0 Å². The maximum absolute atomic E-state index is 12.2. The molecular formula is C18H30N3O3+. The van der Waals surface area contributed by atoms with Gasteiger partial charge in [0.05, 0.1) is 19.3 Å². The van der Waals surface area contributed by atoms with E-state index in [0.717, 1.165) is 4.90 Å². The molecule has 0 bridgehead atoms. The zero-order valence-corrected chi connectivity index (χ0v) is 15.3. The minimum Gasteiger partial charge on any atom is -0.495 e. The van der Waals surface area contributed by atoms with Gasteiger partial charge in [-0.25, -0.2) is 0 Å². The summed E-state index contributed by atoms with van der Waals surface area (Å²) in [4.78, 5) is 25.2. The molecule has 0 spiro atoms. The summed E-state index contributed by atoms with van der Waals surface area (Å²) in [7, 11) is 1.56. The number of para-hydroxylation sites is 2. The van der Waals surface area contributed by atoms with Crippen LogP contribution in [0.4, 0.5) is 5.69 Å². The van der Waals surface area contributed by atoms with Crippen molar-refractivity contribution in [3.63, 3.8) is 0 Å². The zero-order chi connectivity index (χ0) is 18.1. The summed E-state index contributed by atoms with van der Waals surface area (Å²) in [6.45, 7) is 9.30. The molecule has 1 aromatic rings. The van der Waals surface area contributed by atoms with Crippen molar-refractivity contribution in [3.8, 4) is 5.75 Å². The smallest absolute Gasteiger partial charge is 0.279 e. The molecule has 1 unspecified atom stereocenters. The number of nitrogens with one attached hydrogen (secondary N) is 3. The predicted molar refractivity (Wildman–Crippen MR) is 95.3 cm³/mol. The van der Waals surface area contributed by atoms with Gasteiger partial charge < -0.3 is 20.3 Å². The highest BCUT2D eigenvalue weighted by Gasteiger charge is 2.19. The van der Waals surface area contributed by atoms with Gasteiger partial charge in [-0.2, -0.15) is 0 Å². The maximum atomic E-state index is 12.2. The Morgan fingerprint density at radius 2 is 1.75 bits per heavy atom. The average molecular weight is 336 g/mol. The van der Waals surface area contributed by atoms with Gasteiger partial charge in [0.2, 0.25) is 0 Å². The lowest BCUT2D eigenvalue weighted by atomic mass is 10.1. The van der Waals surface area contributed by atoms with E-state index in [-0.39, 0.29) is 30.9 Å². The van der Waals surface area contributed by atoms with Gasteiger partial charge in [-0.3, -0.25) is 9.59 Å². The first kappa shape index (κ1) is 20.0. The van der Waals surface area contributed by atoms with E-state index >= 15 is 0 Å². The highest BCUT2D eigenvalue weighted by Crippen LogP contribution is 2.22. The number of hydrogen-bond donors (Lipinski definition) is 3. The fourth-order valence-corrected chi connectivity index (χ4v) is 2.18. The summed E-state index contributed by atoms with van der Waals surface area (Å²) in [5.74, 6) is 0.833. The minimum atomic E-state index is -0.138. The SMILES string of the molecule is CC[NH+](CC(=O)Nc1ccccc1OC)CC(=O)N[C@H](C)C(C)C. The number of likely N-dealkylation sites (N-methyl/N-ethyl adjacent to an activating group) is 1. The number of quaternary nitrogens is 1. The topological polar surface area (TPSA) is 71.9 Å². The van der Waals surface area contributed by atoms with E-state index in [2.05, 4.69) is 24.5 Å². The third kappa shape index (κ3) is 6.58. The van der Waals surface area contributed by atoms with Gasteiger partial charge in [-0.05, 0) is 31.9 Å². The molecule has 134 valence electrons. The molecule has 0 saturated carbocycles. The third-order valence-corrected chi connectivity index (χ3v) is 4.09. The quantitative estimate of drug-likeness (QED) is 0.622. The summed E-state index contributed by atoms with van der Waals surface area (Å²) < 4.78 is 5.22. The second-order valence-electron chi connectivity index (χ2n) is 6.31. The Morgan fingerprint density at radius 1 is 1.12 bits per heavy atom. The van der Waals surface area contributed by atoms with Crippen molar-refractivity contribution >= 4 is 17.5 Å². The van der Waals surface area contributed by atoms with Gasteiger partial charge >= 0.3 is 0 Å². The number of benzene rings is 1. The Kier molecular flexibility index (Phi) is 8.26. The number of rotatable bonds is 9. The Labute approximate surface area is 144 Å². The Balaban J connectivity index is 2.55. The molecule has 0 aliphatic carbocycles. The van der Waals surface area contributed by atoms with Crippen LogP contribution in [0.1, 0.15) is 27.7 Å². The Hall–Kier alpha value is -2.08. The largest absolute Gasteiger partial charge is 0.495 e. The van der Waals surface area contributed by atoms with Crippen LogP contribution < -0.4 is 20.3 Å². The predicted octanol–water partition coefficient (Wildman–Crippen LogP) is 0.699. The van der Waals surface area contributed by atoms with Crippen LogP contribution in [0, 0.1) is 5.92 Å². The van der Waals surface area contributed by atoms with E-state index in [0.29, 0.717) is 23.9 Å². The lowest BCUT2D eigenvalue weighted by Crippen LogP contribution is -3.14. The van der Waals surface area contributed by atoms with Crippen molar-refractivity contribution in [2.75, 3.05) is 32.1 Å². The number of methoxy groups -OCH3 is 1. The maximum Gasteiger partial charge on any atom is 0.279 e. The van der Waals surface area contributed by atoms with Gasteiger partial charge in [-0.15, -0.1) is 0 Å². The Bertz CT molecular complexity index is 546. The molecule has 2 atom stereocenters.